The normalized spacial score (nSPS) is 12.4. The number of ether oxygens (including phenoxy) is 1. The highest BCUT2D eigenvalue weighted by Gasteiger charge is 2.12. The van der Waals surface area contributed by atoms with Crippen LogP contribution in [0.4, 0.5) is 0 Å². The lowest BCUT2D eigenvalue weighted by molar-refractivity contribution is -0.144. The minimum atomic E-state index is -0.145. The first-order valence-electron chi connectivity index (χ1n) is 9.62. The molecule has 0 aliphatic heterocycles. The summed E-state index contributed by atoms with van der Waals surface area (Å²) < 4.78 is 5.43. The SMILES string of the molecule is CCCCC(CC)COC(=O)CCSc1cc(C)c(CN(C)C)cc1O. The Morgan fingerprint density at radius 3 is 2.65 bits per heavy atom. The number of phenols is 1. The van der Waals surface area contributed by atoms with Gasteiger partial charge in [0.2, 0.25) is 0 Å². The van der Waals surface area contributed by atoms with Crippen LogP contribution in [0.3, 0.4) is 0 Å². The number of unbranched alkanes of at least 4 members (excludes halogenated alkanes) is 1. The highest BCUT2D eigenvalue weighted by atomic mass is 32.2. The lowest BCUT2D eigenvalue weighted by atomic mass is 10.0. The summed E-state index contributed by atoms with van der Waals surface area (Å²) in [5.41, 5.74) is 2.28. The van der Waals surface area contributed by atoms with Gasteiger partial charge in [0.25, 0.3) is 0 Å². The Bertz CT molecular complexity index is 560. The molecular weight excluding hydrogens is 346 g/mol. The third-order valence-electron chi connectivity index (χ3n) is 4.49. The number of carbonyl (C=O) groups excluding carboxylic acids is 1. The number of benzene rings is 1. The molecule has 1 N–H and O–H groups in total. The molecule has 0 spiro atoms. The third-order valence-corrected chi connectivity index (χ3v) is 5.54. The van der Waals surface area contributed by atoms with Gasteiger partial charge < -0.3 is 14.7 Å². The number of phenolic OH excluding ortho intramolecular Hbond substituents is 1. The van der Waals surface area contributed by atoms with E-state index in [-0.39, 0.29) is 11.7 Å². The van der Waals surface area contributed by atoms with E-state index in [1.807, 2.05) is 26.2 Å². The Balaban J connectivity index is 2.42. The number of esters is 1. The number of rotatable bonds is 12. The molecule has 0 bridgehead atoms. The fourth-order valence-corrected chi connectivity index (χ4v) is 3.72. The lowest BCUT2D eigenvalue weighted by Crippen LogP contribution is -2.14. The van der Waals surface area contributed by atoms with Gasteiger partial charge in [-0.2, -0.15) is 0 Å². The standard InChI is InChI=1S/C21H35NO3S/c1-6-8-9-17(7-2)15-25-21(24)10-11-26-20-12-16(3)18(13-19(20)23)14-22(4)5/h12-13,17,23H,6-11,14-15H2,1-5H3. The van der Waals surface area contributed by atoms with Crippen LogP contribution in [0.15, 0.2) is 17.0 Å². The molecule has 5 heteroatoms. The lowest BCUT2D eigenvalue weighted by Gasteiger charge is -2.15. The molecule has 1 aromatic carbocycles. The maximum Gasteiger partial charge on any atom is 0.306 e. The molecule has 26 heavy (non-hydrogen) atoms. The second-order valence-corrected chi connectivity index (χ2v) is 8.32. The number of thioether (sulfide) groups is 1. The topological polar surface area (TPSA) is 49.8 Å². The van der Waals surface area contributed by atoms with Crippen molar-refractivity contribution in [3.05, 3.63) is 23.3 Å². The summed E-state index contributed by atoms with van der Waals surface area (Å²) in [7, 11) is 4.02. The number of aromatic hydroxyl groups is 1. The molecule has 0 radical (unpaired) electrons. The number of nitrogens with zero attached hydrogens (tertiary/aromatic N) is 1. The van der Waals surface area contributed by atoms with E-state index in [1.54, 1.807) is 0 Å². The van der Waals surface area contributed by atoms with Crippen molar-refractivity contribution in [3.8, 4) is 5.75 Å². The van der Waals surface area contributed by atoms with Crippen molar-refractivity contribution < 1.29 is 14.6 Å². The highest BCUT2D eigenvalue weighted by Crippen LogP contribution is 2.32. The molecule has 1 atom stereocenters. The van der Waals surface area contributed by atoms with Gasteiger partial charge >= 0.3 is 5.97 Å². The summed E-state index contributed by atoms with van der Waals surface area (Å²) in [6, 6.07) is 3.83. The van der Waals surface area contributed by atoms with Gasteiger partial charge in [-0.3, -0.25) is 4.79 Å². The molecule has 0 aliphatic rings. The average Bonchev–Trinajstić information content (AvgIpc) is 2.58. The summed E-state index contributed by atoms with van der Waals surface area (Å²) in [5.74, 6) is 1.23. The second-order valence-electron chi connectivity index (χ2n) is 7.18. The smallest absolute Gasteiger partial charge is 0.306 e. The van der Waals surface area contributed by atoms with Crippen LogP contribution in [0.25, 0.3) is 0 Å². The fourth-order valence-electron chi connectivity index (χ4n) is 2.77. The van der Waals surface area contributed by atoms with Crippen LogP contribution in [-0.2, 0) is 16.1 Å². The summed E-state index contributed by atoms with van der Waals surface area (Å²) in [5, 5.41) is 10.2. The van der Waals surface area contributed by atoms with Gasteiger partial charge in [0.15, 0.2) is 0 Å². The van der Waals surface area contributed by atoms with E-state index in [4.69, 9.17) is 4.74 Å². The van der Waals surface area contributed by atoms with Gasteiger partial charge in [-0.25, -0.2) is 0 Å². The van der Waals surface area contributed by atoms with E-state index in [2.05, 4.69) is 25.7 Å². The Morgan fingerprint density at radius 2 is 2.04 bits per heavy atom. The number of carbonyl (C=O) groups is 1. The molecule has 1 unspecified atom stereocenters. The zero-order valence-electron chi connectivity index (χ0n) is 17.0. The molecule has 0 aliphatic carbocycles. The molecule has 0 fully saturated rings. The van der Waals surface area contributed by atoms with E-state index in [0.29, 0.717) is 24.7 Å². The van der Waals surface area contributed by atoms with Gasteiger partial charge in [-0.15, -0.1) is 11.8 Å². The number of hydrogen-bond acceptors (Lipinski definition) is 5. The summed E-state index contributed by atoms with van der Waals surface area (Å²) in [6.07, 6.45) is 4.91. The number of aryl methyl sites for hydroxylation is 1. The van der Waals surface area contributed by atoms with E-state index in [9.17, 15) is 9.90 Å². The first kappa shape index (κ1) is 22.8. The Labute approximate surface area is 163 Å². The van der Waals surface area contributed by atoms with Crippen LogP contribution < -0.4 is 0 Å². The predicted molar refractivity (Wildman–Crippen MR) is 110 cm³/mol. The van der Waals surface area contributed by atoms with Crippen molar-refractivity contribution >= 4 is 17.7 Å². The van der Waals surface area contributed by atoms with Gasteiger partial charge in [0.05, 0.1) is 13.0 Å². The minimum Gasteiger partial charge on any atom is -0.507 e. The van der Waals surface area contributed by atoms with E-state index in [1.165, 1.54) is 24.6 Å². The third kappa shape index (κ3) is 8.45. The molecule has 4 nitrogen and oxygen atoms in total. The zero-order valence-corrected chi connectivity index (χ0v) is 17.8. The summed E-state index contributed by atoms with van der Waals surface area (Å²) >= 11 is 1.51. The zero-order chi connectivity index (χ0) is 19.5. The first-order valence-corrected chi connectivity index (χ1v) is 10.6. The van der Waals surface area contributed by atoms with Crippen LogP contribution in [-0.4, -0.2) is 42.4 Å². The van der Waals surface area contributed by atoms with E-state index < -0.39 is 0 Å². The second kappa shape index (κ2) is 12.2. The predicted octanol–water partition coefficient (Wildman–Crippen LogP) is 5.00. The Morgan fingerprint density at radius 1 is 1.31 bits per heavy atom. The van der Waals surface area contributed by atoms with Crippen LogP contribution in [0.2, 0.25) is 0 Å². The Hall–Kier alpha value is -1.20. The van der Waals surface area contributed by atoms with Crippen molar-refractivity contribution in [2.45, 2.75) is 64.3 Å². The maximum absolute atomic E-state index is 12.0. The molecule has 0 aromatic heterocycles. The van der Waals surface area contributed by atoms with Crippen molar-refractivity contribution in [2.24, 2.45) is 5.92 Å². The van der Waals surface area contributed by atoms with Crippen LogP contribution in [0.1, 0.15) is 57.1 Å². The molecule has 1 rings (SSSR count). The molecule has 1 aromatic rings. The summed E-state index contributed by atoms with van der Waals surface area (Å²) in [4.78, 5) is 14.9. The fraction of sp³-hybridized carbons (Fsp3) is 0.667. The average molecular weight is 382 g/mol. The van der Waals surface area contributed by atoms with Crippen molar-refractivity contribution in [1.82, 2.24) is 4.90 Å². The van der Waals surface area contributed by atoms with Crippen LogP contribution >= 0.6 is 11.8 Å². The minimum absolute atomic E-state index is 0.145. The quantitative estimate of drug-likeness (QED) is 0.408. The van der Waals surface area contributed by atoms with Gasteiger partial charge in [-0.05, 0) is 56.6 Å². The van der Waals surface area contributed by atoms with Gasteiger partial charge in [0.1, 0.15) is 5.75 Å². The van der Waals surface area contributed by atoms with E-state index >= 15 is 0 Å². The molecule has 0 saturated heterocycles. The monoisotopic (exact) mass is 381 g/mol. The van der Waals surface area contributed by atoms with Gasteiger partial charge in [0, 0.05) is 17.2 Å². The molecule has 0 saturated carbocycles. The molecular formula is C21H35NO3S. The van der Waals surface area contributed by atoms with Crippen molar-refractivity contribution in [3.63, 3.8) is 0 Å². The Kier molecular flexibility index (Phi) is 10.7. The number of hydrogen-bond donors (Lipinski definition) is 1. The van der Waals surface area contributed by atoms with Crippen LogP contribution in [0, 0.1) is 12.8 Å². The summed E-state index contributed by atoms with van der Waals surface area (Å²) in [6.45, 7) is 7.71. The molecule has 0 heterocycles. The van der Waals surface area contributed by atoms with Crippen LogP contribution in [0.5, 0.6) is 5.75 Å². The molecule has 148 valence electrons. The first-order chi connectivity index (χ1) is 12.4. The van der Waals surface area contributed by atoms with Gasteiger partial charge in [-0.1, -0.05) is 33.1 Å². The molecule has 0 amide bonds. The highest BCUT2D eigenvalue weighted by molar-refractivity contribution is 7.99. The van der Waals surface area contributed by atoms with E-state index in [0.717, 1.165) is 35.4 Å². The van der Waals surface area contributed by atoms with Crippen molar-refractivity contribution in [1.29, 1.82) is 0 Å². The van der Waals surface area contributed by atoms with Crippen molar-refractivity contribution in [2.75, 3.05) is 26.5 Å². The maximum atomic E-state index is 12.0. The largest absolute Gasteiger partial charge is 0.507 e.